The average Bonchev–Trinajstić information content (AvgIpc) is 2.32. The van der Waals surface area contributed by atoms with Crippen LogP contribution in [0.2, 0.25) is 0 Å². The molecule has 2 aliphatic heterocycles. The average molecular weight is 247 g/mol. The van der Waals surface area contributed by atoms with Crippen molar-refractivity contribution in [3.8, 4) is 0 Å². The van der Waals surface area contributed by atoms with Gasteiger partial charge in [-0.3, -0.25) is 4.79 Å². The molecule has 0 aromatic rings. The fourth-order valence-corrected chi connectivity index (χ4v) is 4.96. The first-order chi connectivity index (χ1) is 7.27. The van der Waals surface area contributed by atoms with E-state index in [-0.39, 0.29) is 12.8 Å². The molecule has 0 aromatic heterocycles. The van der Waals surface area contributed by atoms with Crippen molar-refractivity contribution < 1.29 is 23.1 Å². The molecule has 0 spiro atoms. The van der Waals surface area contributed by atoms with Gasteiger partial charge in [0.15, 0.2) is 9.84 Å². The molecule has 2 heterocycles. The number of aliphatic carboxylic acids is 1. The fraction of sp³-hybridized carbons (Fsp3) is 0.778. The third-order valence-electron chi connectivity index (χ3n) is 3.75. The Hall–Kier alpha value is -1.11. The van der Waals surface area contributed by atoms with E-state index in [4.69, 9.17) is 5.11 Å². The highest BCUT2D eigenvalue weighted by Crippen LogP contribution is 2.47. The molecule has 0 aliphatic carbocycles. The summed E-state index contributed by atoms with van der Waals surface area (Å²) in [5, 5.41) is 8.17. The normalized spacial score (nSPS) is 40.4. The minimum Gasteiger partial charge on any atom is -0.480 e. The van der Waals surface area contributed by atoms with E-state index in [1.165, 1.54) is 6.92 Å². The molecule has 1 N–H and O–H groups in total. The van der Waals surface area contributed by atoms with Crippen molar-refractivity contribution in [1.29, 1.82) is 0 Å². The topological polar surface area (TPSA) is 91.8 Å². The Kier molecular flexibility index (Phi) is 2.11. The monoisotopic (exact) mass is 247 g/mol. The van der Waals surface area contributed by atoms with Crippen LogP contribution >= 0.6 is 0 Å². The number of sulfone groups is 1. The van der Waals surface area contributed by atoms with Gasteiger partial charge in [-0.1, -0.05) is 6.92 Å². The molecule has 90 valence electrons. The summed E-state index contributed by atoms with van der Waals surface area (Å²) in [6.07, 6.45) is 0.105. The van der Waals surface area contributed by atoms with Crippen LogP contribution in [-0.2, 0) is 19.4 Å². The van der Waals surface area contributed by atoms with Crippen molar-refractivity contribution in [2.24, 2.45) is 0 Å². The lowest BCUT2D eigenvalue weighted by molar-refractivity contribution is -0.157. The van der Waals surface area contributed by atoms with Gasteiger partial charge in [-0.05, 0) is 13.3 Å². The van der Waals surface area contributed by atoms with Crippen LogP contribution < -0.4 is 0 Å². The predicted octanol–water partition coefficient (Wildman–Crippen LogP) is -0.405. The van der Waals surface area contributed by atoms with Gasteiger partial charge in [-0.25, -0.2) is 13.2 Å². The first-order valence-electron chi connectivity index (χ1n) is 5.04. The van der Waals surface area contributed by atoms with Gasteiger partial charge in [0.05, 0.1) is 6.42 Å². The lowest BCUT2D eigenvalue weighted by atomic mass is 9.94. The zero-order valence-electron chi connectivity index (χ0n) is 9.00. The van der Waals surface area contributed by atoms with Gasteiger partial charge in [-0.15, -0.1) is 0 Å². The Balaban J connectivity index is 2.59. The molecule has 0 bridgehead atoms. The van der Waals surface area contributed by atoms with E-state index in [1.54, 1.807) is 6.92 Å². The molecule has 2 fully saturated rings. The SMILES string of the molecule is CC[C@@]1(C)[C@H](C(=O)O)N2C(=O)CC2S1(=O)=O. The number of carboxylic acid groups (broad SMARTS) is 1. The first kappa shape index (κ1) is 11.4. The van der Waals surface area contributed by atoms with Crippen LogP contribution in [0.1, 0.15) is 26.7 Å². The van der Waals surface area contributed by atoms with Gasteiger partial charge in [0, 0.05) is 0 Å². The second-order valence-corrected chi connectivity index (χ2v) is 6.98. The molecule has 6 nitrogen and oxygen atoms in total. The van der Waals surface area contributed by atoms with Crippen LogP contribution in [0.5, 0.6) is 0 Å². The maximum absolute atomic E-state index is 12.1. The van der Waals surface area contributed by atoms with Crippen LogP contribution in [-0.4, -0.2) is 46.5 Å². The number of fused-ring (bicyclic) bond motifs is 1. The molecular formula is C9H13NO5S. The third-order valence-corrected chi connectivity index (χ3v) is 6.67. The van der Waals surface area contributed by atoms with E-state index in [0.29, 0.717) is 0 Å². The Labute approximate surface area is 93.1 Å². The molecule has 1 unspecified atom stereocenters. The van der Waals surface area contributed by atoms with Gasteiger partial charge in [0.25, 0.3) is 0 Å². The zero-order chi connectivity index (χ0) is 12.3. The maximum Gasteiger partial charge on any atom is 0.328 e. The second kappa shape index (κ2) is 2.97. The molecule has 0 aromatic carbocycles. The predicted molar refractivity (Wildman–Crippen MR) is 54.3 cm³/mol. The van der Waals surface area contributed by atoms with Crippen molar-refractivity contribution in [2.75, 3.05) is 0 Å². The number of carboxylic acids is 1. The number of carbonyl (C=O) groups excluding carboxylic acids is 1. The standard InChI is InChI=1S/C9H13NO5S/c1-3-9(2)7(8(12)13)10-5(11)4-6(10)16(9,14)15/h6-7H,3-4H2,1-2H3,(H,12,13)/t6?,7-,9-/m0/s1. The number of β-lactam (4-membered cyclic amide) rings is 1. The van der Waals surface area contributed by atoms with Gasteiger partial charge in [0.1, 0.15) is 16.2 Å². The molecule has 16 heavy (non-hydrogen) atoms. The van der Waals surface area contributed by atoms with Crippen molar-refractivity contribution in [3.05, 3.63) is 0 Å². The van der Waals surface area contributed by atoms with Crippen molar-refractivity contribution in [1.82, 2.24) is 4.90 Å². The van der Waals surface area contributed by atoms with Gasteiger partial charge < -0.3 is 10.0 Å². The molecule has 3 atom stereocenters. The summed E-state index contributed by atoms with van der Waals surface area (Å²) >= 11 is 0. The lowest BCUT2D eigenvalue weighted by Gasteiger charge is -2.35. The minimum absolute atomic E-state index is 0.0816. The number of amides is 1. The lowest BCUT2D eigenvalue weighted by Crippen LogP contribution is -2.57. The van der Waals surface area contributed by atoms with Crippen LogP contribution in [0.3, 0.4) is 0 Å². The minimum atomic E-state index is -3.58. The van der Waals surface area contributed by atoms with Gasteiger partial charge in [-0.2, -0.15) is 0 Å². The molecule has 1 amide bonds. The third kappa shape index (κ3) is 0.991. The van der Waals surface area contributed by atoms with Crippen molar-refractivity contribution in [3.63, 3.8) is 0 Å². The molecule has 7 heteroatoms. The summed E-state index contributed by atoms with van der Waals surface area (Å²) in [5.74, 6) is -1.64. The number of nitrogens with zero attached hydrogens (tertiary/aromatic N) is 1. The van der Waals surface area contributed by atoms with Gasteiger partial charge in [0.2, 0.25) is 5.91 Å². The van der Waals surface area contributed by atoms with Crippen molar-refractivity contribution >= 4 is 21.7 Å². The number of hydrogen-bond donors (Lipinski definition) is 1. The Bertz CT molecular complexity index is 470. The quantitative estimate of drug-likeness (QED) is 0.670. The van der Waals surface area contributed by atoms with Gasteiger partial charge >= 0.3 is 5.97 Å². The van der Waals surface area contributed by atoms with Crippen LogP contribution in [0.25, 0.3) is 0 Å². The Morgan fingerprint density at radius 2 is 2.19 bits per heavy atom. The fourth-order valence-electron chi connectivity index (χ4n) is 2.51. The van der Waals surface area contributed by atoms with E-state index < -0.39 is 37.9 Å². The van der Waals surface area contributed by atoms with Crippen LogP contribution in [0, 0.1) is 0 Å². The number of rotatable bonds is 2. The molecule has 2 aliphatic rings. The second-order valence-electron chi connectivity index (χ2n) is 4.41. The van der Waals surface area contributed by atoms with E-state index >= 15 is 0 Å². The Morgan fingerprint density at radius 1 is 1.62 bits per heavy atom. The summed E-state index contributed by atoms with van der Waals surface area (Å²) in [7, 11) is -3.58. The van der Waals surface area contributed by atoms with E-state index in [9.17, 15) is 18.0 Å². The summed E-state index contributed by atoms with van der Waals surface area (Å²) < 4.78 is 22.9. The highest BCUT2D eigenvalue weighted by atomic mass is 32.2. The van der Waals surface area contributed by atoms with Crippen LogP contribution in [0.15, 0.2) is 0 Å². The molecule has 0 radical (unpaired) electrons. The zero-order valence-corrected chi connectivity index (χ0v) is 9.82. The van der Waals surface area contributed by atoms with E-state index in [1.807, 2.05) is 0 Å². The van der Waals surface area contributed by atoms with E-state index in [2.05, 4.69) is 0 Å². The summed E-state index contributed by atoms with van der Waals surface area (Å²) in [5.41, 5.74) is 0. The van der Waals surface area contributed by atoms with Crippen LogP contribution in [0.4, 0.5) is 0 Å². The highest BCUT2D eigenvalue weighted by Gasteiger charge is 2.69. The highest BCUT2D eigenvalue weighted by molar-refractivity contribution is 7.93. The number of carbonyl (C=O) groups is 2. The molecular weight excluding hydrogens is 234 g/mol. The maximum atomic E-state index is 12.1. The number of hydrogen-bond acceptors (Lipinski definition) is 4. The smallest absolute Gasteiger partial charge is 0.328 e. The summed E-state index contributed by atoms with van der Waals surface area (Å²) in [6, 6.07) is -1.24. The molecule has 0 saturated carbocycles. The molecule has 2 rings (SSSR count). The van der Waals surface area contributed by atoms with Crippen molar-refractivity contribution in [2.45, 2.75) is 42.9 Å². The summed E-state index contributed by atoms with van der Waals surface area (Å²) in [4.78, 5) is 23.5. The Morgan fingerprint density at radius 3 is 2.56 bits per heavy atom. The largest absolute Gasteiger partial charge is 0.480 e. The molecule has 2 saturated heterocycles. The summed E-state index contributed by atoms with van der Waals surface area (Å²) in [6.45, 7) is 3.04. The van der Waals surface area contributed by atoms with E-state index in [0.717, 1.165) is 4.90 Å². The first-order valence-corrected chi connectivity index (χ1v) is 6.59.